The summed E-state index contributed by atoms with van der Waals surface area (Å²) < 4.78 is 1.55. The molecule has 5 rings (SSSR count). The maximum Gasteiger partial charge on any atom is 0.275 e. The van der Waals surface area contributed by atoms with E-state index in [1.54, 1.807) is 34.6 Å². The molecule has 0 fully saturated rings. The number of hydrogen-bond acceptors (Lipinski definition) is 7. The number of benzene rings is 1. The third-order valence-electron chi connectivity index (χ3n) is 6.01. The van der Waals surface area contributed by atoms with Crippen LogP contribution < -0.4 is 16.0 Å². The number of aliphatic imine (C=N–C) groups is 1. The molecule has 2 aromatic heterocycles. The van der Waals surface area contributed by atoms with E-state index in [-0.39, 0.29) is 24.3 Å². The molecule has 0 bridgehead atoms. The van der Waals surface area contributed by atoms with Crippen LogP contribution in [0.15, 0.2) is 64.6 Å². The number of fused-ring (bicyclic) bond motifs is 1. The van der Waals surface area contributed by atoms with Crippen LogP contribution in [0.4, 0.5) is 5.69 Å². The van der Waals surface area contributed by atoms with Gasteiger partial charge in [0.05, 0.1) is 5.52 Å². The summed E-state index contributed by atoms with van der Waals surface area (Å²) in [4.78, 5) is 45.8. The Labute approximate surface area is 223 Å². The highest BCUT2D eigenvalue weighted by atomic mass is 32.1. The summed E-state index contributed by atoms with van der Waals surface area (Å²) in [5.74, 6) is -0.633. The number of dihydropyridines is 1. The first-order valence-corrected chi connectivity index (χ1v) is 13.3. The molecule has 2 aliphatic rings. The lowest BCUT2D eigenvalue weighted by Crippen LogP contribution is -2.36. The van der Waals surface area contributed by atoms with Gasteiger partial charge in [-0.25, -0.2) is 4.98 Å². The first-order chi connectivity index (χ1) is 18.5. The second-order valence-electron chi connectivity index (χ2n) is 8.83. The highest BCUT2D eigenvalue weighted by molar-refractivity contribution is 7.11. The van der Waals surface area contributed by atoms with Crippen molar-refractivity contribution in [1.29, 1.82) is 0 Å². The molecule has 3 heterocycles. The van der Waals surface area contributed by atoms with Gasteiger partial charge < -0.3 is 16.0 Å². The van der Waals surface area contributed by atoms with Crippen molar-refractivity contribution in [2.45, 2.75) is 25.8 Å². The molecule has 3 N–H and O–H groups in total. The van der Waals surface area contributed by atoms with Crippen LogP contribution in [0.3, 0.4) is 0 Å². The van der Waals surface area contributed by atoms with Gasteiger partial charge in [0, 0.05) is 54.1 Å². The molecule has 0 saturated carbocycles. The average Bonchev–Trinajstić information content (AvgIpc) is 3.59. The fourth-order valence-electron chi connectivity index (χ4n) is 4.08. The van der Waals surface area contributed by atoms with Crippen molar-refractivity contribution in [2.24, 2.45) is 4.99 Å². The Balaban J connectivity index is 1.12. The van der Waals surface area contributed by atoms with E-state index in [0.29, 0.717) is 35.6 Å². The van der Waals surface area contributed by atoms with Gasteiger partial charge in [-0.2, -0.15) is 5.10 Å². The van der Waals surface area contributed by atoms with Crippen molar-refractivity contribution in [3.8, 4) is 0 Å². The van der Waals surface area contributed by atoms with Crippen LogP contribution in [-0.2, 0) is 16.1 Å². The van der Waals surface area contributed by atoms with Gasteiger partial charge in [-0.05, 0) is 49.1 Å². The summed E-state index contributed by atoms with van der Waals surface area (Å²) in [5.41, 5.74) is 3.43. The molecule has 38 heavy (non-hydrogen) atoms. The maximum atomic E-state index is 12.7. The van der Waals surface area contributed by atoms with Gasteiger partial charge >= 0.3 is 0 Å². The van der Waals surface area contributed by atoms with Crippen molar-refractivity contribution >= 4 is 57.4 Å². The maximum absolute atomic E-state index is 12.7. The van der Waals surface area contributed by atoms with Crippen LogP contribution in [0.2, 0.25) is 0 Å². The molecule has 10 nitrogen and oxygen atoms in total. The second-order valence-corrected chi connectivity index (χ2v) is 9.69. The lowest BCUT2D eigenvalue weighted by atomic mass is 10.1. The van der Waals surface area contributed by atoms with Crippen LogP contribution in [0, 0.1) is 0 Å². The van der Waals surface area contributed by atoms with Crippen molar-refractivity contribution in [3.63, 3.8) is 0 Å². The van der Waals surface area contributed by atoms with Crippen molar-refractivity contribution in [1.82, 2.24) is 25.4 Å². The number of aromatic nitrogens is 3. The zero-order valence-electron chi connectivity index (χ0n) is 20.6. The smallest absolute Gasteiger partial charge is 0.275 e. The Hall–Kier alpha value is -4.38. The Kier molecular flexibility index (Phi) is 7.84. The van der Waals surface area contributed by atoms with E-state index < -0.39 is 0 Å². The van der Waals surface area contributed by atoms with E-state index in [9.17, 15) is 14.4 Å². The van der Waals surface area contributed by atoms with Crippen LogP contribution in [-0.4, -0.2) is 58.3 Å². The number of hydrogen-bond donors (Lipinski definition) is 3. The fraction of sp³-hybridized carbons (Fsp3) is 0.259. The summed E-state index contributed by atoms with van der Waals surface area (Å²) in [5, 5.41) is 16.3. The minimum Gasteiger partial charge on any atom is -0.353 e. The Morgan fingerprint density at radius 2 is 1.97 bits per heavy atom. The fourth-order valence-corrected chi connectivity index (χ4v) is 4.94. The van der Waals surface area contributed by atoms with Gasteiger partial charge in [0.25, 0.3) is 11.8 Å². The Bertz CT molecular complexity index is 1500. The van der Waals surface area contributed by atoms with Gasteiger partial charge in [0.1, 0.15) is 17.2 Å². The molecule has 194 valence electrons. The summed E-state index contributed by atoms with van der Waals surface area (Å²) in [6.07, 6.45) is 13.8. The predicted molar refractivity (Wildman–Crippen MR) is 148 cm³/mol. The molecule has 3 amide bonds. The second kappa shape index (κ2) is 11.8. The number of amides is 3. The average molecular weight is 530 g/mol. The molecular weight excluding hydrogens is 502 g/mol. The number of anilines is 1. The minimum absolute atomic E-state index is 0.0420. The van der Waals surface area contributed by atoms with Crippen LogP contribution in [0.5, 0.6) is 0 Å². The first kappa shape index (κ1) is 25.3. The van der Waals surface area contributed by atoms with E-state index >= 15 is 0 Å². The topological polar surface area (TPSA) is 130 Å². The predicted octanol–water partition coefficient (Wildman–Crippen LogP) is 3.11. The van der Waals surface area contributed by atoms with Crippen LogP contribution in [0.25, 0.3) is 16.5 Å². The molecular formula is C27H27N7O3S. The number of nitrogens with one attached hydrogen (secondary N) is 3. The van der Waals surface area contributed by atoms with Gasteiger partial charge in [0.15, 0.2) is 0 Å². The van der Waals surface area contributed by atoms with Crippen LogP contribution >= 0.6 is 11.3 Å². The number of thiazole rings is 1. The molecule has 11 heteroatoms. The van der Waals surface area contributed by atoms with Gasteiger partial charge in [-0.15, -0.1) is 11.3 Å². The first-order valence-electron chi connectivity index (χ1n) is 12.4. The molecule has 1 aliphatic heterocycles. The number of nitrogens with zero attached hydrogens (tertiary/aromatic N) is 4. The monoisotopic (exact) mass is 529 g/mol. The summed E-state index contributed by atoms with van der Waals surface area (Å²) in [6.45, 7) is 1.44. The number of allylic oxidation sites excluding steroid dienone is 3. The zero-order valence-corrected chi connectivity index (χ0v) is 21.5. The quantitative estimate of drug-likeness (QED) is 0.367. The number of rotatable bonds is 9. The molecule has 0 saturated heterocycles. The summed E-state index contributed by atoms with van der Waals surface area (Å²) in [6, 6.07) is 5.37. The standard InChI is InChI=1S/C27H27N7O3S/c35-24(29-12-13-30-25(36)18-4-2-1-3-5-18)16-34-15-20-14-21(6-7-22(20)33-34)31-26(37)23-17-38-27(32-23)19-8-10-28-11-9-19/h2,4-8,10,14-15,17H,1,3,9,11-13,16H2,(H,29,35)(H,30,36)(H,31,37). The van der Waals surface area contributed by atoms with Crippen LogP contribution in [0.1, 0.15) is 34.8 Å². The van der Waals surface area contributed by atoms with Gasteiger partial charge in [-0.3, -0.25) is 24.1 Å². The Morgan fingerprint density at radius 1 is 1.08 bits per heavy atom. The highest BCUT2D eigenvalue weighted by Gasteiger charge is 2.15. The lowest BCUT2D eigenvalue weighted by Gasteiger charge is -2.09. The van der Waals surface area contributed by atoms with Crippen molar-refractivity contribution < 1.29 is 14.4 Å². The van der Waals surface area contributed by atoms with Gasteiger partial charge in [-0.1, -0.05) is 18.2 Å². The van der Waals surface area contributed by atoms with Crippen molar-refractivity contribution in [2.75, 3.05) is 25.0 Å². The number of carbonyl (C=O) groups is 3. The van der Waals surface area contributed by atoms with E-state index in [2.05, 4.69) is 31.0 Å². The summed E-state index contributed by atoms with van der Waals surface area (Å²) >= 11 is 1.44. The largest absolute Gasteiger partial charge is 0.353 e. The summed E-state index contributed by atoms with van der Waals surface area (Å²) in [7, 11) is 0. The Morgan fingerprint density at radius 3 is 2.79 bits per heavy atom. The lowest BCUT2D eigenvalue weighted by molar-refractivity contribution is -0.122. The van der Waals surface area contributed by atoms with Gasteiger partial charge in [0.2, 0.25) is 5.91 Å². The molecule has 3 aromatic rings. The normalized spacial score (nSPS) is 14.6. The molecule has 1 aromatic carbocycles. The third-order valence-corrected chi connectivity index (χ3v) is 6.93. The minimum atomic E-state index is -0.286. The zero-order chi connectivity index (χ0) is 26.3. The van der Waals surface area contributed by atoms with Crippen molar-refractivity contribution in [3.05, 3.63) is 70.4 Å². The molecule has 0 radical (unpaired) electrons. The highest BCUT2D eigenvalue weighted by Crippen LogP contribution is 2.24. The van der Waals surface area contributed by atoms with E-state index in [1.165, 1.54) is 11.3 Å². The van der Waals surface area contributed by atoms with E-state index in [0.717, 1.165) is 41.8 Å². The van der Waals surface area contributed by atoms with E-state index in [4.69, 9.17) is 0 Å². The third kappa shape index (κ3) is 6.30. The number of carbonyl (C=O) groups excluding carboxylic acids is 3. The molecule has 0 atom stereocenters. The molecule has 0 unspecified atom stereocenters. The molecule has 0 spiro atoms. The molecule has 1 aliphatic carbocycles. The SMILES string of the molecule is O=C(Cn1cc2cc(NC(=O)c3csc(C4=CC=NCC4)n3)ccc2n1)NCCNC(=O)C1=CCCC=C1. The van der Waals surface area contributed by atoms with E-state index in [1.807, 2.05) is 30.4 Å².